The van der Waals surface area contributed by atoms with E-state index in [4.69, 9.17) is 4.74 Å². The third-order valence-corrected chi connectivity index (χ3v) is 3.51. The monoisotopic (exact) mass is 267 g/mol. The molecular formula is C14H22FN3O. The van der Waals surface area contributed by atoms with Gasteiger partial charge in [0.15, 0.2) is 0 Å². The number of hydrogen-bond acceptors (Lipinski definition) is 4. The molecule has 0 aromatic heterocycles. The van der Waals surface area contributed by atoms with E-state index < -0.39 is 0 Å². The number of ether oxygens (including phenoxy) is 1. The topological polar surface area (TPSA) is 27.7 Å². The first-order chi connectivity index (χ1) is 9.19. The van der Waals surface area contributed by atoms with Crippen molar-refractivity contribution in [3.05, 3.63) is 24.0 Å². The van der Waals surface area contributed by atoms with E-state index in [1.165, 1.54) is 6.07 Å². The minimum absolute atomic E-state index is 0.237. The number of benzene rings is 1. The Morgan fingerprint density at radius 1 is 1.26 bits per heavy atom. The van der Waals surface area contributed by atoms with Gasteiger partial charge in [-0.15, -0.1) is 0 Å². The Bertz CT molecular complexity index is 406. The summed E-state index contributed by atoms with van der Waals surface area (Å²) in [6, 6.07) is 4.75. The van der Waals surface area contributed by atoms with E-state index in [0.717, 1.165) is 39.3 Å². The van der Waals surface area contributed by atoms with E-state index in [1.807, 2.05) is 0 Å². The summed E-state index contributed by atoms with van der Waals surface area (Å²) < 4.78 is 18.7. The van der Waals surface area contributed by atoms with Crippen molar-refractivity contribution in [3.63, 3.8) is 0 Å². The SMILES string of the molecule is COc1ccc(F)c(NCCN2CCN(C)CC2)c1. The van der Waals surface area contributed by atoms with Crippen molar-refractivity contribution >= 4 is 5.69 Å². The highest BCUT2D eigenvalue weighted by Crippen LogP contribution is 2.20. The molecule has 106 valence electrons. The lowest BCUT2D eigenvalue weighted by molar-refractivity contribution is 0.158. The van der Waals surface area contributed by atoms with Gasteiger partial charge in [-0.3, -0.25) is 4.90 Å². The number of methoxy groups -OCH3 is 1. The van der Waals surface area contributed by atoms with Gasteiger partial charge < -0.3 is 15.0 Å². The number of rotatable bonds is 5. The lowest BCUT2D eigenvalue weighted by atomic mass is 10.2. The van der Waals surface area contributed by atoms with Gasteiger partial charge >= 0.3 is 0 Å². The van der Waals surface area contributed by atoms with Crippen LogP contribution < -0.4 is 10.1 Å². The van der Waals surface area contributed by atoms with Crippen LogP contribution in [0.25, 0.3) is 0 Å². The molecule has 0 saturated carbocycles. The fourth-order valence-corrected chi connectivity index (χ4v) is 2.19. The standard InChI is InChI=1S/C14H22FN3O/c1-17-7-9-18(10-8-17)6-5-16-14-11-12(19-2)3-4-13(14)15/h3-4,11,16H,5-10H2,1-2H3. The van der Waals surface area contributed by atoms with Crippen LogP contribution in [-0.2, 0) is 0 Å². The second-order valence-corrected chi connectivity index (χ2v) is 4.92. The van der Waals surface area contributed by atoms with Crippen LogP contribution in [0.4, 0.5) is 10.1 Å². The predicted molar refractivity (Wildman–Crippen MR) is 75.4 cm³/mol. The number of hydrogen-bond donors (Lipinski definition) is 1. The number of likely N-dealkylation sites (N-methyl/N-ethyl adjacent to an activating group) is 1. The second kappa shape index (κ2) is 6.73. The zero-order valence-electron chi connectivity index (χ0n) is 11.7. The number of nitrogens with one attached hydrogen (secondary N) is 1. The van der Waals surface area contributed by atoms with Crippen LogP contribution in [-0.4, -0.2) is 63.2 Å². The van der Waals surface area contributed by atoms with Gasteiger partial charge in [-0.2, -0.15) is 0 Å². The van der Waals surface area contributed by atoms with Crippen molar-refractivity contribution in [3.8, 4) is 5.75 Å². The summed E-state index contributed by atoms with van der Waals surface area (Å²) in [7, 11) is 3.72. The molecule has 0 atom stereocenters. The largest absolute Gasteiger partial charge is 0.497 e. The van der Waals surface area contributed by atoms with Gasteiger partial charge in [-0.25, -0.2) is 4.39 Å². The third-order valence-electron chi connectivity index (χ3n) is 3.51. The molecule has 1 aromatic rings. The molecule has 1 aromatic carbocycles. The van der Waals surface area contributed by atoms with Crippen molar-refractivity contribution in [2.75, 3.05) is 58.7 Å². The summed E-state index contributed by atoms with van der Waals surface area (Å²) in [6.07, 6.45) is 0. The molecule has 2 rings (SSSR count). The summed E-state index contributed by atoms with van der Waals surface area (Å²) in [5, 5.41) is 3.14. The maximum absolute atomic E-state index is 13.6. The third kappa shape index (κ3) is 4.08. The normalized spacial score (nSPS) is 17.4. The molecule has 0 radical (unpaired) electrons. The van der Waals surface area contributed by atoms with Crippen LogP contribution in [0.3, 0.4) is 0 Å². The number of halogens is 1. The summed E-state index contributed by atoms with van der Waals surface area (Å²) >= 11 is 0. The van der Waals surface area contributed by atoms with E-state index in [2.05, 4.69) is 22.2 Å². The molecule has 0 amide bonds. The van der Waals surface area contributed by atoms with E-state index in [0.29, 0.717) is 11.4 Å². The van der Waals surface area contributed by atoms with Gasteiger partial charge in [-0.05, 0) is 19.2 Å². The molecule has 4 nitrogen and oxygen atoms in total. The Kier molecular flexibility index (Phi) is 4.99. The molecule has 0 bridgehead atoms. The summed E-state index contributed by atoms with van der Waals surface area (Å²) in [6.45, 7) is 6.05. The first-order valence-electron chi connectivity index (χ1n) is 6.67. The van der Waals surface area contributed by atoms with Gasteiger partial charge in [0.25, 0.3) is 0 Å². The highest BCUT2D eigenvalue weighted by atomic mass is 19.1. The predicted octanol–water partition coefficient (Wildman–Crippen LogP) is 1.49. The van der Waals surface area contributed by atoms with Crippen molar-refractivity contribution in [1.29, 1.82) is 0 Å². The van der Waals surface area contributed by atoms with E-state index >= 15 is 0 Å². The Morgan fingerprint density at radius 3 is 2.68 bits per heavy atom. The molecule has 0 spiro atoms. The lowest BCUT2D eigenvalue weighted by Crippen LogP contribution is -2.45. The van der Waals surface area contributed by atoms with E-state index in [-0.39, 0.29) is 5.82 Å². The fraction of sp³-hybridized carbons (Fsp3) is 0.571. The second-order valence-electron chi connectivity index (χ2n) is 4.92. The van der Waals surface area contributed by atoms with Crippen LogP contribution >= 0.6 is 0 Å². The Balaban J connectivity index is 1.79. The highest BCUT2D eigenvalue weighted by Gasteiger charge is 2.13. The minimum atomic E-state index is -0.237. The van der Waals surface area contributed by atoms with Crippen LogP contribution in [0.15, 0.2) is 18.2 Å². The summed E-state index contributed by atoms with van der Waals surface area (Å²) in [4.78, 5) is 4.72. The van der Waals surface area contributed by atoms with Gasteiger partial charge in [0, 0.05) is 45.3 Å². The summed E-state index contributed by atoms with van der Waals surface area (Å²) in [5.41, 5.74) is 0.508. The molecule has 19 heavy (non-hydrogen) atoms. The van der Waals surface area contributed by atoms with Crippen LogP contribution in [0, 0.1) is 5.82 Å². The average Bonchev–Trinajstić information content (AvgIpc) is 2.43. The van der Waals surface area contributed by atoms with E-state index in [9.17, 15) is 4.39 Å². The first kappa shape index (κ1) is 14.1. The van der Waals surface area contributed by atoms with Crippen molar-refractivity contribution in [2.24, 2.45) is 0 Å². The molecule has 5 heteroatoms. The van der Waals surface area contributed by atoms with Crippen LogP contribution in [0.1, 0.15) is 0 Å². The number of piperazine rings is 1. The van der Waals surface area contributed by atoms with Gasteiger partial charge in [-0.1, -0.05) is 0 Å². The quantitative estimate of drug-likeness (QED) is 0.875. The molecule has 1 aliphatic heterocycles. The molecule has 0 unspecified atom stereocenters. The zero-order valence-corrected chi connectivity index (χ0v) is 11.7. The molecular weight excluding hydrogens is 245 g/mol. The Hall–Kier alpha value is -1.33. The maximum Gasteiger partial charge on any atom is 0.146 e. The Labute approximate surface area is 114 Å². The summed E-state index contributed by atoms with van der Waals surface area (Å²) in [5.74, 6) is 0.433. The Morgan fingerprint density at radius 2 is 2.00 bits per heavy atom. The zero-order chi connectivity index (χ0) is 13.7. The molecule has 1 saturated heterocycles. The van der Waals surface area contributed by atoms with Gasteiger partial charge in [0.1, 0.15) is 11.6 Å². The van der Waals surface area contributed by atoms with Crippen LogP contribution in [0.5, 0.6) is 5.75 Å². The van der Waals surface area contributed by atoms with Gasteiger partial charge in [0.2, 0.25) is 0 Å². The van der Waals surface area contributed by atoms with Crippen molar-refractivity contribution < 1.29 is 9.13 Å². The number of anilines is 1. The highest BCUT2D eigenvalue weighted by molar-refractivity contribution is 5.49. The number of nitrogens with zero attached hydrogens (tertiary/aromatic N) is 2. The molecule has 1 aliphatic rings. The van der Waals surface area contributed by atoms with Gasteiger partial charge in [0.05, 0.1) is 12.8 Å². The smallest absolute Gasteiger partial charge is 0.146 e. The van der Waals surface area contributed by atoms with Crippen LogP contribution in [0.2, 0.25) is 0 Å². The maximum atomic E-state index is 13.6. The minimum Gasteiger partial charge on any atom is -0.497 e. The average molecular weight is 267 g/mol. The van der Waals surface area contributed by atoms with Crippen molar-refractivity contribution in [1.82, 2.24) is 9.80 Å². The lowest BCUT2D eigenvalue weighted by Gasteiger charge is -2.32. The fourth-order valence-electron chi connectivity index (χ4n) is 2.19. The first-order valence-corrected chi connectivity index (χ1v) is 6.67. The molecule has 0 aliphatic carbocycles. The van der Waals surface area contributed by atoms with Crippen molar-refractivity contribution in [2.45, 2.75) is 0 Å². The molecule has 1 heterocycles. The molecule has 1 N–H and O–H groups in total. The van der Waals surface area contributed by atoms with E-state index in [1.54, 1.807) is 19.2 Å². The molecule has 1 fully saturated rings.